The van der Waals surface area contributed by atoms with Crippen LogP contribution in [0.4, 0.5) is 13.2 Å². The zero-order valence-electron chi connectivity index (χ0n) is 12.7. The molecule has 1 heterocycles. The summed E-state index contributed by atoms with van der Waals surface area (Å²) in [5.74, 6) is 0. The lowest BCUT2D eigenvalue weighted by molar-refractivity contribution is -0.153. The first kappa shape index (κ1) is 18.3. The first-order valence-electron chi connectivity index (χ1n) is 6.78. The van der Waals surface area contributed by atoms with Crippen molar-refractivity contribution < 1.29 is 17.7 Å². The molecule has 0 bridgehead atoms. The Balaban J connectivity index is 2.43. The van der Waals surface area contributed by atoms with Crippen LogP contribution in [0, 0.1) is 0 Å². The summed E-state index contributed by atoms with van der Waals surface area (Å²) >= 11 is 3.93. The predicted molar refractivity (Wildman–Crippen MR) is 86.6 cm³/mol. The highest BCUT2D eigenvalue weighted by Gasteiger charge is 2.45. The van der Waals surface area contributed by atoms with E-state index in [0.717, 1.165) is 0 Å². The maximum atomic E-state index is 13.4. The molecule has 3 nitrogen and oxygen atoms in total. The van der Waals surface area contributed by atoms with Gasteiger partial charge in [-0.2, -0.15) is 13.2 Å². The van der Waals surface area contributed by atoms with Gasteiger partial charge in [-0.15, -0.1) is 4.72 Å². The second-order valence-corrected chi connectivity index (χ2v) is 8.47. The number of aromatic nitrogens is 1. The number of hydrogen-bond donors (Lipinski definition) is 1. The monoisotopic (exact) mass is 364 g/mol. The van der Waals surface area contributed by atoms with E-state index in [2.05, 4.69) is 9.71 Å². The van der Waals surface area contributed by atoms with Crippen molar-refractivity contribution in [1.82, 2.24) is 9.71 Å². The summed E-state index contributed by atoms with van der Waals surface area (Å²) in [7, 11) is 0. The Bertz CT molecular complexity index is 703. The molecule has 0 radical (unpaired) electrons. The Kier molecular flexibility index (Phi) is 5.15. The van der Waals surface area contributed by atoms with E-state index in [0.29, 0.717) is 10.8 Å². The summed E-state index contributed by atoms with van der Waals surface area (Å²) in [6.07, 6.45) is -3.09. The molecular weight excluding hydrogens is 349 g/mol. The summed E-state index contributed by atoms with van der Waals surface area (Å²) in [6, 6.07) is 3.73. The molecule has 0 amide bonds. The quantitative estimate of drug-likeness (QED) is 0.642. The molecule has 0 aliphatic heterocycles. The maximum absolute atomic E-state index is 13.4. The zero-order chi connectivity index (χ0) is 17.4. The van der Waals surface area contributed by atoms with Gasteiger partial charge in [0, 0.05) is 22.9 Å². The van der Waals surface area contributed by atoms with Gasteiger partial charge in [0.15, 0.2) is 6.04 Å². The Labute approximate surface area is 140 Å². The molecule has 2 rings (SSSR count). The lowest BCUT2D eigenvalue weighted by atomic mass is 10.0. The minimum atomic E-state index is -4.58. The van der Waals surface area contributed by atoms with Crippen molar-refractivity contribution in [3.63, 3.8) is 0 Å². The van der Waals surface area contributed by atoms with Crippen LogP contribution >= 0.6 is 11.6 Å². The van der Waals surface area contributed by atoms with Crippen molar-refractivity contribution in [1.29, 1.82) is 0 Å². The normalized spacial score (nSPS) is 15.7. The number of halogens is 4. The molecule has 0 saturated heterocycles. The molecule has 2 atom stereocenters. The number of hydrogen-bond acceptors (Lipinski definition) is 3. The van der Waals surface area contributed by atoms with E-state index in [1.165, 1.54) is 30.5 Å². The second kappa shape index (κ2) is 6.47. The molecule has 8 heteroatoms. The summed E-state index contributed by atoms with van der Waals surface area (Å²) in [4.78, 5) is 3.89. The fourth-order valence-electron chi connectivity index (χ4n) is 1.92. The molecule has 0 aliphatic rings. The van der Waals surface area contributed by atoms with E-state index >= 15 is 0 Å². The van der Waals surface area contributed by atoms with Crippen molar-refractivity contribution in [3.05, 3.63) is 41.2 Å². The van der Waals surface area contributed by atoms with Crippen LogP contribution in [0.2, 0.25) is 5.15 Å². The Morgan fingerprint density at radius 3 is 2.39 bits per heavy atom. The molecule has 126 valence electrons. The third-order valence-electron chi connectivity index (χ3n) is 3.15. The molecule has 0 aliphatic carbocycles. The van der Waals surface area contributed by atoms with Gasteiger partial charge in [0.05, 0.1) is 0 Å². The van der Waals surface area contributed by atoms with E-state index in [9.17, 15) is 17.7 Å². The van der Waals surface area contributed by atoms with Gasteiger partial charge in [0.2, 0.25) is 0 Å². The Hall–Kier alpha value is -1.02. The van der Waals surface area contributed by atoms with Crippen LogP contribution < -0.4 is 4.72 Å². The van der Waals surface area contributed by atoms with Crippen LogP contribution in [-0.2, 0) is 11.4 Å². The molecule has 0 spiro atoms. The average Bonchev–Trinajstić information content (AvgIpc) is 2.41. The van der Waals surface area contributed by atoms with E-state index in [1.807, 2.05) is 0 Å². The van der Waals surface area contributed by atoms with Gasteiger partial charge in [0.25, 0.3) is 0 Å². The molecule has 2 aromatic rings. The van der Waals surface area contributed by atoms with E-state index in [-0.39, 0.29) is 10.7 Å². The third kappa shape index (κ3) is 4.50. The van der Waals surface area contributed by atoms with Crippen LogP contribution in [0.1, 0.15) is 32.4 Å². The SMILES string of the molecule is CC(C)(C)[S+]([O-])N[C@H](c1ccc2cnc(Cl)cc2c1)C(F)(F)F. The first-order valence-corrected chi connectivity index (χ1v) is 8.31. The lowest BCUT2D eigenvalue weighted by Gasteiger charge is -2.29. The lowest BCUT2D eigenvalue weighted by Crippen LogP contribution is -2.45. The molecule has 23 heavy (non-hydrogen) atoms. The van der Waals surface area contributed by atoms with Crippen molar-refractivity contribution in [2.24, 2.45) is 0 Å². The molecule has 0 fully saturated rings. The highest BCUT2D eigenvalue weighted by atomic mass is 35.5. The van der Waals surface area contributed by atoms with Gasteiger partial charge >= 0.3 is 6.18 Å². The van der Waals surface area contributed by atoms with Crippen LogP contribution in [0.25, 0.3) is 10.8 Å². The summed E-state index contributed by atoms with van der Waals surface area (Å²) in [5, 5.41) is 1.42. The first-order chi connectivity index (χ1) is 10.5. The largest absolute Gasteiger partial charge is 0.598 e. The molecule has 1 aromatic heterocycles. The summed E-state index contributed by atoms with van der Waals surface area (Å²) in [6.45, 7) is 4.82. The number of nitrogens with zero attached hydrogens (tertiary/aromatic N) is 1. The highest BCUT2D eigenvalue weighted by molar-refractivity contribution is 7.90. The van der Waals surface area contributed by atoms with Gasteiger partial charge in [-0.3, -0.25) is 0 Å². The predicted octanol–water partition coefficient (Wildman–Crippen LogP) is 4.54. The van der Waals surface area contributed by atoms with Gasteiger partial charge in [-0.1, -0.05) is 23.7 Å². The second-order valence-electron chi connectivity index (χ2n) is 6.09. The standard InChI is InChI=1S/C15H16ClF3N2OS/c1-14(2,3)23(22)21-13(15(17,18)19)9-4-5-10-8-20-12(16)7-11(10)6-9/h4-8,13,21H,1-3H3/t13-,23?/m1/s1. The van der Waals surface area contributed by atoms with Gasteiger partial charge < -0.3 is 4.55 Å². The third-order valence-corrected chi connectivity index (χ3v) is 4.92. The average molecular weight is 365 g/mol. The molecule has 0 saturated carbocycles. The number of pyridine rings is 1. The number of rotatable bonds is 3. The summed E-state index contributed by atoms with van der Waals surface area (Å²) in [5.41, 5.74) is -0.0233. The zero-order valence-corrected chi connectivity index (χ0v) is 14.3. The van der Waals surface area contributed by atoms with Crippen molar-refractivity contribution in [2.75, 3.05) is 0 Å². The molecule has 1 N–H and O–H groups in total. The number of nitrogens with one attached hydrogen (secondary N) is 1. The maximum Gasteiger partial charge on any atom is 0.412 e. The van der Waals surface area contributed by atoms with Crippen LogP contribution in [0.15, 0.2) is 30.5 Å². The molecular formula is C15H16ClF3N2OS. The molecule has 1 unspecified atom stereocenters. The highest BCUT2D eigenvalue weighted by Crippen LogP contribution is 2.35. The van der Waals surface area contributed by atoms with Crippen LogP contribution in [0.3, 0.4) is 0 Å². The number of fused-ring (bicyclic) bond motifs is 1. The Morgan fingerprint density at radius 1 is 1.17 bits per heavy atom. The van der Waals surface area contributed by atoms with E-state index in [1.54, 1.807) is 20.8 Å². The fourth-order valence-corrected chi connectivity index (χ4v) is 2.92. The minimum Gasteiger partial charge on any atom is -0.598 e. The minimum absolute atomic E-state index is 0.0233. The number of alkyl halides is 3. The molecule has 1 aromatic carbocycles. The van der Waals surface area contributed by atoms with Crippen LogP contribution in [-0.4, -0.2) is 20.5 Å². The number of benzene rings is 1. The van der Waals surface area contributed by atoms with E-state index < -0.39 is 28.3 Å². The van der Waals surface area contributed by atoms with Gasteiger partial charge in [-0.25, -0.2) is 4.98 Å². The van der Waals surface area contributed by atoms with Crippen molar-refractivity contribution >= 4 is 33.7 Å². The van der Waals surface area contributed by atoms with E-state index in [4.69, 9.17) is 11.6 Å². The van der Waals surface area contributed by atoms with Crippen molar-refractivity contribution in [2.45, 2.75) is 37.7 Å². The van der Waals surface area contributed by atoms with Gasteiger partial charge in [-0.05, 0) is 43.9 Å². The fraction of sp³-hybridized carbons (Fsp3) is 0.400. The summed E-state index contributed by atoms with van der Waals surface area (Å²) < 4.78 is 53.7. The Morgan fingerprint density at radius 2 is 1.83 bits per heavy atom. The van der Waals surface area contributed by atoms with Crippen LogP contribution in [0.5, 0.6) is 0 Å². The smallest absolute Gasteiger partial charge is 0.412 e. The van der Waals surface area contributed by atoms with Crippen molar-refractivity contribution in [3.8, 4) is 0 Å². The topological polar surface area (TPSA) is 48.0 Å². The van der Waals surface area contributed by atoms with Gasteiger partial charge in [0.1, 0.15) is 9.90 Å².